The van der Waals surface area contributed by atoms with Crippen LogP contribution in [0.5, 0.6) is 0 Å². The van der Waals surface area contributed by atoms with Crippen LogP contribution in [0.25, 0.3) is 0 Å². The molecule has 2 atom stereocenters. The number of nitrogens with zero attached hydrogens (tertiary/aromatic N) is 6. The smallest absolute Gasteiger partial charge is 0.296 e. The minimum Gasteiger partial charge on any atom is -0.512 e. The molecule has 0 fully saturated rings. The number of halogens is 1. The Hall–Kier alpha value is -4.77. The van der Waals surface area contributed by atoms with Crippen molar-refractivity contribution < 1.29 is 44.0 Å². The van der Waals surface area contributed by atoms with E-state index in [1.54, 1.807) is 36.2 Å². The average Bonchev–Trinajstić information content (AvgIpc) is 2.99. The van der Waals surface area contributed by atoms with Crippen molar-refractivity contribution >= 4 is 70.9 Å². The Morgan fingerprint density at radius 1 is 0.896 bits per heavy atom. The van der Waals surface area contributed by atoms with Gasteiger partial charge in [-0.3, -0.25) is 13.7 Å². The molecule has 3 aromatic rings. The molecule has 1 heterocycles. The van der Waals surface area contributed by atoms with Crippen LogP contribution in [-0.2, 0) is 30.4 Å². The summed E-state index contributed by atoms with van der Waals surface area (Å²) >= 11 is 6.10. The lowest BCUT2D eigenvalue weighted by Gasteiger charge is -2.31. The van der Waals surface area contributed by atoms with Gasteiger partial charge in [0.15, 0.2) is 0 Å². The number of aliphatic hydroxyl groups is 1. The van der Waals surface area contributed by atoms with Crippen LogP contribution in [0.3, 0.4) is 0 Å². The van der Waals surface area contributed by atoms with Gasteiger partial charge in [-0.2, -0.15) is 50.4 Å². The Balaban J connectivity index is 1.52. The lowest BCUT2D eigenvalue weighted by atomic mass is 9.81. The highest BCUT2D eigenvalue weighted by Crippen LogP contribution is 2.41. The molecule has 1 aromatic heterocycles. The van der Waals surface area contributed by atoms with E-state index in [9.17, 15) is 44.0 Å². The Morgan fingerprint density at radius 3 is 2.21 bits per heavy atom. The molecule has 0 aliphatic heterocycles. The van der Waals surface area contributed by atoms with Gasteiger partial charge >= 0.3 is 0 Å². The van der Waals surface area contributed by atoms with Gasteiger partial charge in [-0.25, -0.2) is 0 Å². The maximum atomic E-state index is 12.4. The molecule has 0 spiro atoms. The van der Waals surface area contributed by atoms with Gasteiger partial charge in [-0.15, -0.1) is 0 Å². The molecular weight excluding hydrogens is 716 g/mol. The van der Waals surface area contributed by atoms with Gasteiger partial charge in [0.1, 0.15) is 27.3 Å². The summed E-state index contributed by atoms with van der Waals surface area (Å²) in [7, 11) is -13.2. The average molecular weight is 739 g/mol. The second kappa shape index (κ2) is 12.7. The van der Waals surface area contributed by atoms with Crippen molar-refractivity contribution in [3.05, 3.63) is 98.9 Å². The predicted octanol–water partition coefficient (Wildman–Crippen LogP) is 3.58. The van der Waals surface area contributed by atoms with Crippen LogP contribution < -0.4 is 16.0 Å². The molecule has 22 heteroatoms. The number of hydrogen-bond acceptors (Lipinski definition) is 15. The number of azo groups is 1. The number of para-hydroxylation sites is 1. The van der Waals surface area contributed by atoms with Crippen LogP contribution in [0.1, 0.15) is 0 Å². The molecule has 7 N–H and O–H groups in total. The largest absolute Gasteiger partial charge is 0.512 e. The molecule has 0 saturated carbocycles. The molecule has 0 amide bonds. The van der Waals surface area contributed by atoms with Crippen molar-refractivity contribution in [1.29, 1.82) is 0 Å². The normalized spacial score (nSPS) is 18.6. The highest BCUT2D eigenvalue weighted by atomic mass is 35.5. The van der Waals surface area contributed by atoms with E-state index in [1.807, 2.05) is 6.07 Å². The lowest BCUT2D eigenvalue weighted by molar-refractivity contribution is 0.329. The second-order valence-electron chi connectivity index (χ2n) is 10.1. The standard InChI is InChI=1S/C26H23ClN8O10S3/c1-35(15-5-3-2-4-6-15)26-31-24(27)30-25(32-26)29-14-7-8-17(19(11-14)47(40,41)42)33-34-23-21-13(10-20(22(23)28)48(43,44)45)9-16(12-18(21)36)46(37,38)39/h2-12,21,23,36H,28H2,1H3,(H,37,38,39)(H,40,41,42)(H,43,44,45)(H,29,30,31,32). The number of aromatic nitrogens is 3. The second-order valence-corrected chi connectivity index (χ2v) is 14.6. The molecule has 18 nitrogen and oxygen atoms in total. The van der Waals surface area contributed by atoms with Crippen LogP contribution in [0.15, 0.2) is 109 Å². The van der Waals surface area contributed by atoms with E-state index in [0.717, 1.165) is 30.0 Å². The van der Waals surface area contributed by atoms with Gasteiger partial charge in [0.25, 0.3) is 30.4 Å². The summed E-state index contributed by atoms with van der Waals surface area (Å²) in [6, 6.07) is 10.7. The fourth-order valence-electron chi connectivity index (χ4n) is 4.69. The number of anilines is 4. The number of nitrogens with two attached hydrogens (primary N) is 1. The first-order valence-electron chi connectivity index (χ1n) is 13.1. The molecular formula is C26H23ClN8O10S3. The molecule has 2 aliphatic carbocycles. The molecule has 0 bridgehead atoms. The summed E-state index contributed by atoms with van der Waals surface area (Å²) in [6.07, 6.45) is 2.27. The van der Waals surface area contributed by atoms with Crippen LogP contribution in [-0.4, -0.2) is 72.1 Å². The third-order valence-electron chi connectivity index (χ3n) is 6.89. The maximum absolute atomic E-state index is 12.4. The Kier molecular flexibility index (Phi) is 9.13. The van der Waals surface area contributed by atoms with E-state index < -0.39 is 74.2 Å². The fraction of sp³-hybridized carbons (Fsp3) is 0.115. The molecule has 2 unspecified atom stereocenters. The van der Waals surface area contributed by atoms with Gasteiger partial charge in [-0.1, -0.05) is 18.2 Å². The number of fused-ring (bicyclic) bond motifs is 1. The van der Waals surface area contributed by atoms with Crippen LogP contribution in [0, 0.1) is 5.92 Å². The van der Waals surface area contributed by atoms with E-state index >= 15 is 0 Å². The highest BCUT2D eigenvalue weighted by molar-refractivity contribution is 7.90. The van der Waals surface area contributed by atoms with Crippen molar-refractivity contribution in [2.45, 2.75) is 10.9 Å². The number of allylic oxidation sites excluding steroid dienone is 3. The monoisotopic (exact) mass is 738 g/mol. The Labute approximate surface area is 278 Å². The van der Waals surface area contributed by atoms with Gasteiger partial charge in [0, 0.05) is 18.4 Å². The molecule has 252 valence electrons. The zero-order chi connectivity index (χ0) is 35.2. The molecule has 5 rings (SSSR count). The van der Waals surface area contributed by atoms with Crippen LogP contribution in [0.4, 0.5) is 29.0 Å². The van der Waals surface area contributed by atoms with Crippen LogP contribution >= 0.6 is 11.6 Å². The summed E-state index contributed by atoms with van der Waals surface area (Å²) in [5.74, 6) is -2.08. The SMILES string of the molecule is CN(c1ccccc1)c1nc(Cl)nc(Nc2ccc(N=NC3C(N)=C(S(=O)(=O)O)C=C4C=C(S(=O)(=O)O)C=C(O)C43)c(S(=O)(=O)O)c2)n1. The Bertz CT molecular complexity index is 2310. The van der Waals surface area contributed by atoms with Gasteiger partial charge in [0.2, 0.25) is 17.2 Å². The van der Waals surface area contributed by atoms with Crippen molar-refractivity contribution in [2.24, 2.45) is 21.9 Å². The zero-order valence-corrected chi connectivity index (χ0v) is 27.3. The minimum atomic E-state index is -5.04. The van der Waals surface area contributed by atoms with Crippen molar-refractivity contribution in [3.8, 4) is 0 Å². The minimum absolute atomic E-state index is 0.0313. The predicted molar refractivity (Wildman–Crippen MR) is 172 cm³/mol. The molecule has 2 aromatic carbocycles. The maximum Gasteiger partial charge on any atom is 0.296 e. The van der Waals surface area contributed by atoms with E-state index in [4.69, 9.17) is 17.3 Å². The first-order valence-corrected chi connectivity index (χ1v) is 17.8. The summed E-state index contributed by atoms with van der Waals surface area (Å²) in [4.78, 5) is 11.5. The number of rotatable bonds is 9. The van der Waals surface area contributed by atoms with Gasteiger partial charge in [0.05, 0.1) is 16.5 Å². The summed E-state index contributed by atoms with van der Waals surface area (Å²) < 4.78 is 101. The first kappa shape index (κ1) is 34.6. The summed E-state index contributed by atoms with van der Waals surface area (Å²) in [5, 5.41) is 21.0. The van der Waals surface area contributed by atoms with Crippen molar-refractivity contribution in [2.75, 3.05) is 17.3 Å². The molecule has 2 aliphatic rings. The fourth-order valence-corrected chi connectivity index (χ4v) is 6.75. The van der Waals surface area contributed by atoms with Gasteiger partial charge < -0.3 is 21.1 Å². The van der Waals surface area contributed by atoms with Crippen molar-refractivity contribution in [1.82, 2.24) is 15.0 Å². The molecule has 0 radical (unpaired) electrons. The third kappa shape index (κ3) is 7.36. The quantitative estimate of drug-likeness (QED) is 0.135. The van der Waals surface area contributed by atoms with E-state index in [1.165, 1.54) is 6.07 Å². The molecule has 0 saturated heterocycles. The number of aliphatic hydroxyl groups excluding tert-OH is 1. The Morgan fingerprint density at radius 2 is 1.58 bits per heavy atom. The first-order chi connectivity index (χ1) is 22.3. The summed E-state index contributed by atoms with van der Waals surface area (Å²) in [6.45, 7) is 0. The highest BCUT2D eigenvalue weighted by Gasteiger charge is 2.40. The lowest BCUT2D eigenvalue weighted by Crippen LogP contribution is -2.34. The molecule has 48 heavy (non-hydrogen) atoms. The number of nitrogens with one attached hydrogen (secondary N) is 1. The van der Waals surface area contributed by atoms with Crippen molar-refractivity contribution in [3.63, 3.8) is 0 Å². The number of benzene rings is 2. The van der Waals surface area contributed by atoms with Gasteiger partial charge in [-0.05, 0) is 65.7 Å². The third-order valence-corrected chi connectivity index (χ3v) is 9.69. The van der Waals surface area contributed by atoms with E-state index in [-0.39, 0.29) is 28.4 Å². The zero-order valence-electron chi connectivity index (χ0n) is 24.1. The summed E-state index contributed by atoms with van der Waals surface area (Å²) in [5.41, 5.74) is 5.36. The van der Waals surface area contributed by atoms with E-state index in [0.29, 0.717) is 6.08 Å². The number of hydrogen-bond donors (Lipinski definition) is 6. The van der Waals surface area contributed by atoms with Crippen LogP contribution in [0.2, 0.25) is 5.28 Å². The van der Waals surface area contributed by atoms with E-state index in [2.05, 4.69) is 30.5 Å². The topological polar surface area (TPSA) is 288 Å².